The van der Waals surface area contributed by atoms with E-state index < -0.39 is 0 Å². The van der Waals surface area contributed by atoms with Crippen molar-refractivity contribution in [1.29, 1.82) is 0 Å². The smallest absolute Gasteiger partial charge is 0.0324 e. The van der Waals surface area contributed by atoms with Crippen LogP contribution in [0.15, 0.2) is 194 Å². The minimum absolute atomic E-state index is 0.112. The summed E-state index contributed by atoms with van der Waals surface area (Å²) in [7, 11) is 0. The zero-order chi connectivity index (χ0) is 42.8. The van der Waals surface area contributed by atoms with Crippen molar-refractivity contribution < 1.29 is 0 Å². The first-order chi connectivity index (χ1) is 30.5. The summed E-state index contributed by atoms with van der Waals surface area (Å²) in [6.07, 6.45) is 0. The van der Waals surface area contributed by atoms with E-state index in [1.165, 1.54) is 120 Å². The van der Waals surface area contributed by atoms with Crippen LogP contribution in [0.4, 0.5) is 0 Å². The van der Waals surface area contributed by atoms with Gasteiger partial charge in [-0.1, -0.05) is 224 Å². The summed E-state index contributed by atoms with van der Waals surface area (Å²) in [4.78, 5) is 0. The number of rotatable bonds is 3. The van der Waals surface area contributed by atoms with Crippen molar-refractivity contribution in [1.82, 2.24) is 0 Å². The Labute approximate surface area is 370 Å². The molecule has 0 aromatic heterocycles. The first kappa shape index (κ1) is 37.7. The van der Waals surface area contributed by atoms with Gasteiger partial charge in [-0.05, 0) is 143 Å². The van der Waals surface area contributed by atoms with Crippen LogP contribution in [-0.4, -0.2) is 0 Å². The molecule has 12 rings (SSSR count). The van der Waals surface area contributed by atoms with Gasteiger partial charge in [0.1, 0.15) is 0 Å². The Bertz CT molecular complexity index is 3610. The summed E-state index contributed by atoms with van der Waals surface area (Å²) in [6, 6.07) is 73.2. The van der Waals surface area contributed by atoms with Crippen LogP contribution in [0, 0.1) is 10.8 Å². The average Bonchev–Trinajstić information content (AvgIpc) is 3.65. The summed E-state index contributed by atoms with van der Waals surface area (Å²) < 4.78 is 0. The molecule has 0 heterocycles. The lowest BCUT2D eigenvalue weighted by Crippen LogP contribution is -2.50. The van der Waals surface area contributed by atoms with Crippen LogP contribution < -0.4 is 0 Å². The molecule has 0 bridgehead atoms. The molecule has 0 heteroatoms. The molecule has 0 radical (unpaired) electrons. The van der Waals surface area contributed by atoms with E-state index >= 15 is 0 Å². The predicted octanol–water partition coefficient (Wildman–Crippen LogP) is 18.0. The van der Waals surface area contributed by atoms with Crippen LogP contribution in [0.25, 0.3) is 109 Å². The van der Waals surface area contributed by atoms with Gasteiger partial charge in [0.15, 0.2) is 0 Å². The molecule has 63 heavy (non-hydrogen) atoms. The van der Waals surface area contributed by atoms with E-state index in [1.54, 1.807) is 0 Å². The van der Waals surface area contributed by atoms with E-state index in [1.807, 2.05) is 0 Å². The number of benzene rings is 11. The van der Waals surface area contributed by atoms with Crippen LogP contribution in [-0.2, 0) is 5.41 Å². The largest absolute Gasteiger partial charge is 0.0616 e. The first-order valence-electron chi connectivity index (χ1n) is 22.6. The van der Waals surface area contributed by atoms with Crippen LogP contribution in [0.5, 0.6) is 0 Å². The highest BCUT2D eigenvalue weighted by atomic mass is 14.6. The number of hydrogen-bond donors (Lipinski definition) is 0. The van der Waals surface area contributed by atoms with E-state index in [2.05, 4.69) is 236 Å². The van der Waals surface area contributed by atoms with Crippen molar-refractivity contribution in [2.45, 2.75) is 47.0 Å². The molecule has 11 aromatic rings. The number of hydrogen-bond acceptors (Lipinski definition) is 0. The second kappa shape index (κ2) is 13.5. The molecule has 0 aliphatic heterocycles. The van der Waals surface area contributed by atoms with E-state index in [0.717, 1.165) is 0 Å². The van der Waals surface area contributed by atoms with Crippen LogP contribution in [0.2, 0.25) is 0 Å². The molecule has 0 atom stereocenters. The normalized spacial score (nSPS) is 13.7. The monoisotopic (exact) mass is 806 g/mol. The third-order valence-electron chi connectivity index (χ3n) is 14.7. The summed E-state index contributed by atoms with van der Waals surface area (Å²) in [5.74, 6) is 0. The molecular weight excluding hydrogens is 757 g/mol. The minimum Gasteiger partial charge on any atom is -0.0616 e. The lowest BCUT2D eigenvalue weighted by Gasteiger charge is -2.54. The fourth-order valence-corrected chi connectivity index (χ4v) is 12.6. The molecule has 0 saturated carbocycles. The first-order valence-corrected chi connectivity index (χ1v) is 22.6. The summed E-state index contributed by atoms with van der Waals surface area (Å²) in [5.41, 5.74) is 12.7. The second-order valence-corrected chi connectivity index (χ2v) is 20.0. The molecule has 0 unspecified atom stereocenters. The molecule has 0 amide bonds. The summed E-state index contributed by atoms with van der Waals surface area (Å²) in [6.45, 7) is 14.9. The van der Waals surface area contributed by atoms with Crippen molar-refractivity contribution in [3.63, 3.8) is 0 Å². The molecule has 11 aromatic carbocycles. The highest BCUT2D eigenvalue weighted by Gasteiger charge is 2.59. The molecule has 1 aliphatic carbocycles. The molecule has 0 N–H and O–H groups in total. The Kier molecular flexibility index (Phi) is 8.08. The van der Waals surface area contributed by atoms with Gasteiger partial charge in [0.25, 0.3) is 0 Å². The molecule has 1 aliphatic rings. The second-order valence-electron chi connectivity index (χ2n) is 20.0. The van der Waals surface area contributed by atoms with E-state index in [-0.39, 0.29) is 16.2 Å². The third-order valence-corrected chi connectivity index (χ3v) is 14.7. The molecule has 0 fully saturated rings. The van der Waals surface area contributed by atoms with Crippen molar-refractivity contribution in [2.24, 2.45) is 10.8 Å². The van der Waals surface area contributed by atoms with Gasteiger partial charge < -0.3 is 0 Å². The standard InChI is InChI=1S/C63H50/c1-61(2,3)63(62(4,5)6)59-46-35-34-45(38-44(46)33-36-55(59)58-49-21-11-9-19-47(49)48-20-10-16-26-54(48)60(58)63)57-52-24-14-12-22-50(52)56(51-23-13-15-25-53(51)57)41-30-27-40(28-31-41)43-32-29-39-17-7-8-18-42(39)37-43/h7-38H,1-6H3. The predicted molar refractivity (Wildman–Crippen MR) is 273 cm³/mol. The van der Waals surface area contributed by atoms with Gasteiger partial charge in [0.05, 0.1) is 0 Å². The third kappa shape index (κ3) is 5.28. The van der Waals surface area contributed by atoms with Crippen molar-refractivity contribution in [3.8, 4) is 44.5 Å². The maximum absolute atomic E-state index is 2.48. The van der Waals surface area contributed by atoms with E-state index in [4.69, 9.17) is 0 Å². The fraction of sp³-hybridized carbons (Fsp3) is 0.143. The van der Waals surface area contributed by atoms with Crippen LogP contribution >= 0.6 is 0 Å². The minimum atomic E-state index is -0.291. The lowest BCUT2D eigenvalue weighted by atomic mass is 9.49. The van der Waals surface area contributed by atoms with Crippen LogP contribution in [0.1, 0.15) is 52.7 Å². The Hall–Kier alpha value is -7.02. The van der Waals surface area contributed by atoms with Gasteiger partial charge in [0, 0.05) is 5.41 Å². The van der Waals surface area contributed by atoms with E-state index in [0.29, 0.717) is 0 Å². The maximum atomic E-state index is 2.48. The van der Waals surface area contributed by atoms with Gasteiger partial charge in [-0.2, -0.15) is 0 Å². The maximum Gasteiger partial charge on any atom is 0.0324 e. The van der Waals surface area contributed by atoms with Gasteiger partial charge in [-0.25, -0.2) is 0 Å². The average molecular weight is 807 g/mol. The zero-order valence-corrected chi connectivity index (χ0v) is 37.0. The Balaban J connectivity index is 1.08. The quantitative estimate of drug-likeness (QED) is 0.123. The molecule has 0 spiro atoms. The Morgan fingerprint density at radius 2 is 0.683 bits per heavy atom. The van der Waals surface area contributed by atoms with Crippen molar-refractivity contribution in [3.05, 3.63) is 205 Å². The van der Waals surface area contributed by atoms with Gasteiger partial charge in [-0.15, -0.1) is 0 Å². The highest BCUT2D eigenvalue weighted by Crippen LogP contribution is 2.68. The van der Waals surface area contributed by atoms with Gasteiger partial charge >= 0.3 is 0 Å². The highest BCUT2D eigenvalue weighted by molar-refractivity contribution is 6.23. The van der Waals surface area contributed by atoms with E-state index in [9.17, 15) is 0 Å². The van der Waals surface area contributed by atoms with Gasteiger partial charge in [-0.3, -0.25) is 0 Å². The molecule has 0 nitrogen and oxygen atoms in total. The Morgan fingerprint density at radius 1 is 0.270 bits per heavy atom. The van der Waals surface area contributed by atoms with Crippen molar-refractivity contribution >= 4 is 64.6 Å². The van der Waals surface area contributed by atoms with Crippen molar-refractivity contribution in [2.75, 3.05) is 0 Å². The van der Waals surface area contributed by atoms with Crippen LogP contribution in [0.3, 0.4) is 0 Å². The SMILES string of the molecule is CC(C)(C)C1(C(C)(C)C)c2c(ccc3cc(-c4c5ccccc5c(-c5ccc(-c6ccc7ccccc7c6)cc5)c5ccccc45)ccc23)-c2c1c1ccccc1c1ccccc21. The van der Waals surface area contributed by atoms with Gasteiger partial charge in [0.2, 0.25) is 0 Å². The summed E-state index contributed by atoms with van der Waals surface area (Å²) in [5, 5.41) is 15.6. The number of fused-ring (bicyclic) bond motifs is 13. The zero-order valence-electron chi connectivity index (χ0n) is 37.0. The Morgan fingerprint density at radius 3 is 1.27 bits per heavy atom. The fourth-order valence-electron chi connectivity index (χ4n) is 12.6. The summed E-state index contributed by atoms with van der Waals surface area (Å²) >= 11 is 0. The lowest BCUT2D eigenvalue weighted by molar-refractivity contribution is 0.0977. The molecule has 302 valence electrons. The topological polar surface area (TPSA) is 0 Å². The molecular formula is C63H50. The molecule has 0 saturated heterocycles.